The lowest BCUT2D eigenvalue weighted by Crippen LogP contribution is -2.20. The number of anilines is 2. The monoisotopic (exact) mass is 329 g/mol. The van der Waals surface area contributed by atoms with Crippen LogP contribution in [0.5, 0.6) is 5.75 Å². The molecule has 0 saturated carbocycles. The van der Waals surface area contributed by atoms with E-state index in [0.29, 0.717) is 17.1 Å². The molecule has 2 aromatic rings. The Hall–Kier alpha value is -3.42. The first-order valence-corrected chi connectivity index (χ1v) is 6.99. The van der Waals surface area contributed by atoms with Crippen LogP contribution in [-0.2, 0) is 9.59 Å². The molecule has 8 heteroatoms. The minimum Gasteiger partial charge on any atom is -0.484 e. The molecular formula is C16H15N3O5. The summed E-state index contributed by atoms with van der Waals surface area (Å²) in [7, 11) is 0. The maximum atomic E-state index is 11.8. The second kappa shape index (κ2) is 7.73. The Morgan fingerprint density at radius 3 is 2.08 bits per heavy atom. The predicted molar refractivity (Wildman–Crippen MR) is 88.0 cm³/mol. The molecular weight excluding hydrogens is 314 g/mol. The average molecular weight is 329 g/mol. The number of nitro benzene ring substituents is 1. The van der Waals surface area contributed by atoms with Gasteiger partial charge in [0.1, 0.15) is 5.75 Å². The summed E-state index contributed by atoms with van der Waals surface area (Å²) in [6.45, 7) is 1.20. The summed E-state index contributed by atoms with van der Waals surface area (Å²) in [5, 5.41) is 15.7. The van der Waals surface area contributed by atoms with Gasteiger partial charge in [0, 0.05) is 30.4 Å². The number of non-ortho nitro benzene ring substituents is 1. The largest absolute Gasteiger partial charge is 0.484 e. The van der Waals surface area contributed by atoms with Crippen molar-refractivity contribution >= 4 is 28.9 Å². The van der Waals surface area contributed by atoms with Crippen molar-refractivity contribution in [2.45, 2.75) is 6.92 Å². The standard InChI is InChI=1S/C16H15N3O5/c1-11(20)17-12-4-8-15(9-5-12)24-10-16(21)18-13-2-6-14(7-3-13)19(22)23/h2-9H,10H2,1H3,(H,17,20)(H,18,21). The van der Waals surface area contributed by atoms with Gasteiger partial charge >= 0.3 is 0 Å². The average Bonchev–Trinajstić information content (AvgIpc) is 2.54. The number of benzene rings is 2. The zero-order valence-electron chi connectivity index (χ0n) is 12.8. The number of ether oxygens (including phenoxy) is 1. The molecule has 0 unspecified atom stereocenters. The first-order valence-electron chi connectivity index (χ1n) is 6.99. The van der Waals surface area contributed by atoms with Gasteiger partial charge in [0.2, 0.25) is 5.91 Å². The minimum absolute atomic E-state index is 0.0523. The van der Waals surface area contributed by atoms with Crippen molar-refractivity contribution in [1.82, 2.24) is 0 Å². The fraction of sp³-hybridized carbons (Fsp3) is 0.125. The molecule has 0 saturated heterocycles. The quantitative estimate of drug-likeness (QED) is 0.625. The molecule has 0 bridgehead atoms. The lowest BCUT2D eigenvalue weighted by molar-refractivity contribution is -0.384. The van der Waals surface area contributed by atoms with E-state index in [4.69, 9.17) is 4.74 Å². The number of hydrogen-bond donors (Lipinski definition) is 2. The topological polar surface area (TPSA) is 111 Å². The van der Waals surface area contributed by atoms with Gasteiger partial charge in [-0.2, -0.15) is 0 Å². The molecule has 0 aliphatic carbocycles. The van der Waals surface area contributed by atoms with Gasteiger partial charge in [-0.25, -0.2) is 0 Å². The molecule has 2 rings (SSSR count). The Balaban J connectivity index is 1.84. The zero-order chi connectivity index (χ0) is 17.5. The summed E-state index contributed by atoms with van der Waals surface area (Å²) < 4.78 is 5.33. The van der Waals surface area contributed by atoms with Gasteiger partial charge in [-0.1, -0.05) is 0 Å². The van der Waals surface area contributed by atoms with E-state index in [2.05, 4.69) is 10.6 Å². The van der Waals surface area contributed by atoms with E-state index < -0.39 is 10.8 Å². The van der Waals surface area contributed by atoms with Gasteiger partial charge in [-0.3, -0.25) is 19.7 Å². The first kappa shape index (κ1) is 16.9. The van der Waals surface area contributed by atoms with Crippen molar-refractivity contribution in [2.24, 2.45) is 0 Å². The molecule has 0 radical (unpaired) electrons. The summed E-state index contributed by atoms with van der Waals surface area (Å²) in [5.41, 5.74) is 1.02. The highest BCUT2D eigenvalue weighted by atomic mass is 16.6. The molecule has 0 heterocycles. The van der Waals surface area contributed by atoms with Crippen molar-refractivity contribution in [3.05, 3.63) is 58.6 Å². The SMILES string of the molecule is CC(=O)Nc1ccc(OCC(=O)Nc2ccc([N+](=O)[O-])cc2)cc1. The van der Waals surface area contributed by atoms with E-state index in [9.17, 15) is 19.7 Å². The molecule has 2 aromatic carbocycles. The lowest BCUT2D eigenvalue weighted by Gasteiger charge is -2.08. The Labute approximate surface area is 137 Å². The van der Waals surface area contributed by atoms with Crippen molar-refractivity contribution < 1.29 is 19.2 Å². The van der Waals surface area contributed by atoms with E-state index in [0.717, 1.165) is 0 Å². The second-order valence-electron chi connectivity index (χ2n) is 4.85. The molecule has 8 nitrogen and oxygen atoms in total. The van der Waals surface area contributed by atoms with Crippen LogP contribution in [0.4, 0.5) is 17.1 Å². The highest BCUT2D eigenvalue weighted by Crippen LogP contribution is 2.17. The molecule has 0 atom stereocenters. The molecule has 0 aliphatic heterocycles. The highest BCUT2D eigenvalue weighted by Gasteiger charge is 2.07. The summed E-state index contributed by atoms with van der Waals surface area (Å²) in [5.74, 6) is -0.0936. The summed E-state index contributed by atoms with van der Waals surface area (Å²) in [6, 6.07) is 12.1. The van der Waals surface area contributed by atoms with Crippen LogP contribution in [0, 0.1) is 10.1 Å². The van der Waals surface area contributed by atoms with Crippen LogP contribution in [-0.4, -0.2) is 23.3 Å². The second-order valence-corrected chi connectivity index (χ2v) is 4.85. The van der Waals surface area contributed by atoms with E-state index in [-0.39, 0.29) is 18.2 Å². The fourth-order valence-corrected chi connectivity index (χ4v) is 1.85. The molecule has 2 N–H and O–H groups in total. The third-order valence-corrected chi connectivity index (χ3v) is 2.91. The van der Waals surface area contributed by atoms with Crippen molar-refractivity contribution in [2.75, 3.05) is 17.2 Å². The van der Waals surface area contributed by atoms with Crippen molar-refractivity contribution in [3.8, 4) is 5.75 Å². The molecule has 0 fully saturated rings. The number of rotatable bonds is 6. The molecule has 2 amide bonds. The summed E-state index contributed by atoms with van der Waals surface area (Å²) >= 11 is 0. The molecule has 0 aromatic heterocycles. The van der Waals surface area contributed by atoms with Crippen LogP contribution >= 0.6 is 0 Å². The van der Waals surface area contributed by atoms with Crippen molar-refractivity contribution in [3.63, 3.8) is 0 Å². The number of nitrogens with zero attached hydrogens (tertiary/aromatic N) is 1. The lowest BCUT2D eigenvalue weighted by atomic mass is 10.3. The maximum Gasteiger partial charge on any atom is 0.269 e. The van der Waals surface area contributed by atoms with E-state index >= 15 is 0 Å². The number of hydrogen-bond acceptors (Lipinski definition) is 5. The first-order chi connectivity index (χ1) is 11.4. The number of nitro groups is 1. The summed E-state index contributed by atoms with van der Waals surface area (Å²) in [6.07, 6.45) is 0. The van der Waals surface area contributed by atoms with Crippen molar-refractivity contribution in [1.29, 1.82) is 0 Å². The molecule has 0 spiro atoms. The predicted octanol–water partition coefficient (Wildman–Crippen LogP) is 2.57. The van der Waals surface area contributed by atoms with E-state index in [1.807, 2.05) is 0 Å². The van der Waals surface area contributed by atoms with Gasteiger partial charge in [0.25, 0.3) is 11.6 Å². The number of nitrogens with one attached hydrogen (secondary N) is 2. The third-order valence-electron chi connectivity index (χ3n) is 2.91. The Kier molecular flexibility index (Phi) is 5.45. The number of amides is 2. The molecule has 0 aliphatic rings. The van der Waals surface area contributed by atoms with Crippen LogP contribution in [0.15, 0.2) is 48.5 Å². The third kappa shape index (κ3) is 5.09. The van der Waals surface area contributed by atoms with Gasteiger partial charge in [0.15, 0.2) is 6.61 Å². The fourth-order valence-electron chi connectivity index (χ4n) is 1.85. The Morgan fingerprint density at radius 1 is 1.00 bits per heavy atom. The highest BCUT2D eigenvalue weighted by molar-refractivity contribution is 5.92. The van der Waals surface area contributed by atoms with Crippen LogP contribution < -0.4 is 15.4 Å². The normalized spacial score (nSPS) is 9.88. The summed E-state index contributed by atoms with van der Waals surface area (Å²) in [4.78, 5) is 32.7. The molecule has 124 valence electrons. The van der Waals surface area contributed by atoms with Crippen LogP contribution in [0.3, 0.4) is 0 Å². The van der Waals surface area contributed by atoms with E-state index in [1.165, 1.54) is 31.2 Å². The molecule has 24 heavy (non-hydrogen) atoms. The van der Waals surface area contributed by atoms with Crippen LogP contribution in [0.1, 0.15) is 6.92 Å². The van der Waals surface area contributed by atoms with E-state index in [1.54, 1.807) is 24.3 Å². The van der Waals surface area contributed by atoms with Crippen LogP contribution in [0.2, 0.25) is 0 Å². The van der Waals surface area contributed by atoms with Gasteiger partial charge < -0.3 is 15.4 Å². The number of carbonyl (C=O) groups is 2. The van der Waals surface area contributed by atoms with Gasteiger partial charge in [-0.05, 0) is 36.4 Å². The Bertz CT molecular complexity index is 741. The Morgan fingerprint density at radius 2 is 1.54 bits per heavy atom. The smallest absolute Gasteiger partial charge is 0.269 e. The van der Waals surface area contributed by atoms with Gasteiger partial charge in [0.05, 0.1) is 4.92 Å². The number of carbonyl (C=O) groups excluding carboxylic acids is 2. The zero-order valence-corrected chi connectivity index (χ0v) is 12.8. The maximum absolute atomic E-state index is 11.8. The van der Waals surface area contributed by atoms with Crippen LogP contribution in [0.25, 0.3) is 0 Å². The van der Waals surface area contributed by atoms with Gasteiger partial charge in [-0.15, -0.1) is 0 Å². The minimum atomic E-state index is -0.515.